The Labute approximate surface area is 165 Å². The third-order valence-electron chi connectivity index (χ3n) is 5.18. The van der Waals surface area contributed by atoms with Crippen molar-refractivity contribution >= 4 is 5.91 Å². The van der Waals surface area contributed by atoms with E-state index >= 15 is 0 Å². The third kappa shape index (κ3) is 4.28. The highest BCUT2D eigenvalue weighted by molar-refractivity contribution is 5.93. The van der Waals surface area contributed by atoms with Crippen molar-refractivity contribution < 1.29 is 14.3 Å². The molecule has 150 valence electrons. The Bertz CT molecular complexity index is 919. The van der Waals surface area contributed by atoms with Gasteiger partial charge >= 0.3 is 0 Å². The van der Waals surface area contributed by atoms with Gasteiger partial charge in [-0.3, -0.25) is 9.59 Å². The predicted molar refractivity (Wildman–Crippen MR) is 108 cm³/mol. The monoisotopic (exact) mass is 384 g/mol. The molecule has 0 saturated carbocycles. The molecule has 1 aromatic heterocycles. The topological polar surface area (TPSA) is 60.8 Å². The van der Waals surface area contributed by atoms with Crippen LogP contribution < -0.4 is 10.3 Å². The number of aromatic nitrogens is 1. The molecular weight excluding hydrogens is 356 g/mol. The highest BCUT2D eigenvalue weighted by atomic mass is 16.5. The van der Waals surface area contributed by atoms with E-state index in [1.54, 1.807) is 31.2 Å². The van der Waals surface area contributed by atoms with Crippen LogP contribution in [0.5, 0.6) is 5.75 Å². The molecule has 28 heavy (non-hydrogen) atoms. The summed E-state index contributed by atoms with van der Waals surface area (Å²) in [5, 5.41) is 0. The van der Waals surface area contributed by atoms with Gasteiger partial charge in [-0.05, 0) is 49.6 Å². The molecule has 2 aromatic rings. The molecule has 0 spiro atoms. The fourth-order valence-corrected chi connectivity index (χ4v) is 3.51. The highest BCUT2D eigenvalue weighted by Gasteiger charge is 2.22. The van der Waals surface area contributed by atoms with Crippen LogP contribution in [0, 0.1) is 6.92 Å². The number of ether oxygens (including phenoxy) is 2. The normalized spacial score (nSPS) is 15.2. The summed E-state index contributed by atoms with van der Waals surface area (Å²) in [5.74, 6) is 0.669. The van der Waals surface area contributed by atoms with Crippen LogP contribution >= 0.6 is 0 Å². The summed E-state index contributed by atoms with van der Waals surface area (Å²) in [5.41, 5.74) is 2.95. The lowest BCUT2D eigenvalue weighted by atomic mass is 10.1. The van der Waals surface area contributed by atoms with E-state index in [1.165, 1.54) is 10.1 Å². The number of fused-ring (bicyclic) bond motifs is 1. The van der Waals surface area contributed by atoms with E-state index in [4.69, 9.17) is 9.47 Å². The van der Waals surface area contributed by atoms with E-state index in [9.17, 15) is 9.59 Å². The standard InChI is InChI=1S/C22H28N2O4/c1-15-6-8-19(21(25)23(15)3)22(26)24(10-5-11-27-4)14-17-7-9-20-18(13-17)12-16(2)28-20/h6-9,13,16H,5,10-12,14H2,1-4H3/t16-/m1/s1. The molecule has 1 amide bonds. The number of methoxy groups -OCH3 is 1. The fraction of sp³-hybridized carbons (Fsp3) is 0.455. The van der Waals surface area contributed by atoms with Crippen molar-refractivity contribution in [1.82, 2.24) is 9.47 Å². The Hall–Kier alpha value is -2.60. The van der Waals surface area contributed by atoms with E-state index in [0.29, 0.717) is 26.1 Å². The number of hydrogen-bond donors (Lipinski definition) is 0. The van der Waals surface area contributed by atoms with Gasteiger partial charge < -0.3 is 18.9 Å². The van der Waals surface area contributed by atoms with Crippen LogP contribution in [-0.2, 0) is 24.8 Å². The zero-order chi connectivity index (χ0) is 20.3. The molecule has 6 nitrogen and oxygen atoms in total. The average molecular weight is 384 g/mol. The lowest BCUT2D eigenvalue weighted by Gasteiger charge is -2.23. The molecule has 3 rings (SSSR count). The minimum absolute atomic E-state index is 0.181. The first-order valence-corrected chi connectivity index (χ1v) is 9.64. The van der Waals surface area contributed by atoms with Crippen LogP contribution in [-0.4, -0.2) is 41.7 Å². The van der Waals surface area contributed by atoms with Gasteiger partial charge in [-0.1, -0.05) is 12.1 Å². The Kier molecular flexibility index (Phi) is 6.19. The molecule has 0 fully saturated rings. The number of carbonyl (C=O) groups is 1. The van der Waals surface area contributed by atoms with Gasteiger partial charge in [-0.25, -0.2) is 0 Å². The summed E-state index contributed by atoms with van der Waals surface area (Å²) >= 11 is 0. The number of nitrogens with zero attached hydrogens (tertiary/aromatic N) is 2. The van der Waals surface area contributed by atoms with Crippen LogP contribution in [0.15, 0.2) is 35.1 Å². The first-order chi connectivity index (χ1) is 13.4. The minimum Gasteiger partial charge on any atom is -0.490 e. The summed E-state index contributed by atoms with van der Waals surface area (Å²) in [7, 11) is 3.33. The number of benzene rings is 1. The molecule has 0 bridgehead atoms. The van der Waals surface area contributed by atoms with E-state index < -0.39 is 0 Å². The summed E-state index contributed by atoms with van der Waals surface area (Å²) < 4.78 is 12.4. The van der Waals surface area contributed by atoms with Crippen molar-refractivity contribution in [1.29, 1.82) is 0 Å². The lowest BCUT2D eigenvalue weighted by molar-refractivity contribution is 0.0721. The van der Waals surface area contributed by atoms with E-state index in [-0.39, 0.29) is 23.1 Å². The molecule has 0 N–H and O–H groups in total. The molecule has 1 aliphatic heterocycles. The summed E-state index contributed by atoms with van der Waals surface area (Å²) in [4.78, 5) is 27.5. The molecule has 0 radical (unpaired) electrons. The number of pyridine rings is 1. The molecular formula is C22H28N2O4. The van der Waals surface area contributed by atoms with Gasteiger partial charge in [0.2, 0.25) is 0 Å². The SMILES string of the molecule is COCCCN(Cc1ccc2c(c1)C[C@@H](C)O2)C(=O)c1ccc(C)n(C)c1=O. The minimum atomic E-state index is -0.266. The molecule has 1 aliphatic rings. The van der Waals surface area contributed by atoms with Gasteiger partial charge in [0.15, 0.2) is 0 Å². The van der Waals surface area contributed by atoms with Crippen molar-refractivity contribution in [3.63, 3.8) is 0 Å². The van der Waals surface area contributed by atoms with Gasteiger partial charge in [0.25, 0.3) is 11.5 Å². The Morgan fingerprint density at radius 1 is 1.32 bits per heavy atom. The first kappa shape index (κ1) is 20.1. The van der Waals surface area contributed by atoms with Crippen LogP contribution in [0.25, 0.3) is 0 Å². The van der Waals surface area contributed by atoms with Crippen LogP contribution in [0.1, 0.15) is 40.5 Å². The summed E-state index contributed by atoms with van der Waals surface area (Å²) in [6.45, 7) is 5.42. The van der Waals surface area contributed by atoms with Crippen molar-refractivity contribution in [2.24, 2.45) is 7.05 Å². The van der Waals surface area contributed by atoms with E-state index in [1.807, 2.05) is 26.0 Å². The van der Waals surface area contributed by atoms with Crippen molar-refractivity contribution in [3.8, 4) is 5.75 Å². The Morgan fingerprint density at radius 3 is 2.86 bits per heavy atom. The number of carbonyl (C=O) groups excluding carboxylic acids is 1. The van der Waals surface area contributed by atoms with Crippen LogP contribution in [0.3, 0.4) is 0 Å². The zero-order valence-corrected chi connectivity index (χ0v) is 17.0. The zero-order valence-electron chi connectivity index (χ0n) is 17.0. The molecule has 0 saturated heterocycles. The number of aryl methyl sites for hydroxylation is 1. The second-order valence-corrected chi connectivity index (χ2v) is 7.40. The largest absolute Gasteiger partial charge is 0.490 e. The molecule has 6 heteroatoms. The van der Waals surface area contributed by atoms with Crippen molar-refractivity contribution in [2.75, 3.05) is 20.3 Å². The average Bonchev–Trinajstić information content (AvgIpc) is 3.04. The van der Waals surface area contributed by atoms with Crippen molar-refractivity contribution in [3.05, 3.63) is 63.1 Å². The van der Waals surface area contributed by atoms with E-state index in [0.717, 1.165) is 23.4 Å². The second kappa shape index (κ2) is 8.61. The van der Waals surface area contributed by atoms with Gasteiger partial charge in [0.05, 0.1) is 0 Å². The first-order valence-electron chi connectivity index (χ1n) is 9.64. The maximum atomic E-state index is 13.2. The third-order valence-corrected chi connectivity index (χ3v) is 5.18. The van der Waals surface area contributed by atoms with Crippen molar-refractivity contribution in [2.45, 2.75) is 39.3 Å². The van der Waals surface area contributed by atoms with Gasteiger partial charge in [0.1, 0.15) is 17.4 Å². The van der Waals surface area contributed by atoms with Crippen LogP contribution in [0.2, 0.25) is 0 Å². The van der Waals surface area contributed by atoms with Gasteiger partial charge in [-0.15, -0.1) is 0 Å². The number of rotatable bonds is 7. The predicted octanol–water partition coefficient (Wildman–Crippen LogP) is 2.70. The number of hydrogen-bond acceptors (Lipinski definition) is 4. The quantitative estimate of drug-likeness (QED) is 0.689. The maximum Gasteiger partial charge on any atom is 0.263 e. The smallest absolute Gasteiger partial charge is 0.263 e. The molecule has 2 heterocycles. The lowest BCUT2D eigenvalue weighted by Crippen LogP contribution is -2.37. The summed E-state index contributed by atoms with van der Waals surface area (Å²) in [6.07, 6.45) is 1.76. The Morgan fingerprint density at radius 2 is 2.11 bits per heavy atom. The fourth-order valence-electron chi connectivity index (χ4n) is 3.51. The second-order valence-electron chi connectivity index (χ2n) is 7.40. The maximum absolute atomic E-state index is 13.2. The van der Waals surface area contributed by atoms with Crippen LogP contribution in [0.4, 0.5) is 0 Å². The summed E-state index contributed by atoms with van der Waals surface area (Å²) in [6, 6.07) is 9.48. The van der Waals surface area contributed by atoms with E-state index in [2.05, 4.69) is 6.07 Å². The molecule has 1 atom stereocenters. The molecule has 1 aromatic carbocycles. The molecule has 0 unspecified atom stereocenters. The van der Waals surface area contributed by atoms with Gasteiger partial charge in [-0.2, -0.15) is 0 Å². The Balaban J connectivity index is 1.85. The number of amides is 1. The van der Waals surface area contributed by atoms with Gasteiger partial charge in [0, 0.05) is 46.0 Å². The highest BCUT2D eigenvalue weighted by Crippen LogP contribution is 2.29. The molecule has 0 aliphatic carbocycles.